The highest BCUT2D eigenvalue weighted by Gasteiger charge is 2.51. The Hall–Kier alpha value is -3.28. The van der Waals surface area contributed by atoms with E-state index < -0.39 is 23.1 Å². The lowest BCUT2D eigenvalue weighted by molar-refractivity contribution is -0.138. The van der Waals surface area contributed by atoms with Crippen LogP contribution in [-0.4, -0.2) is 52.6 Å². The molecule has 3 unspecified atom stereocenters. The number of carbonyl (C=O) groups excluding carboxylic acids is 1. The van der Waals surface area contributed by atoms with Gasteiger partial charge in [-0.1, -0.05) is 12.1 Å². The van der Waals surface area contributed by atoms with E-state index in [4.69, 9.17) is 9.47 Å². The lowest BCUT2D eigenvalue weighted by Crippen LogP contribution is -2.48. The molecule has 8 nitrogen and oxygen atoms in total. The van der Waals surface area contributed by atoms with Crippen molar-refractivity contribution in [3.05, 3.63) is 76.4 Å². The van der Waals surface area contributed by atoms with Crippen molar-refractivity contribution in [2.24, 2.45) is 13.0 Å². The van der Waals surface area contributed by atoms with E-state index in [2.05, 4.69) is 15.5 Å². The molecule has 3 heterocycles. The second-order valence-corrected chi connectivity index (χ2v) is 11.9. The van der Waals surface area contributed by atoms with E-state index in [1.807, 2.05) is 29.8 Å². The Bertz CT molecular complexity index is 1500. The molecule has 1 aromatic heterocycles. The fourth-order valence-electron chi connectivity index (χ4n) is 7.30. The predicted molar refractivity (Wildman–Crippen MR) is 143 cm³/mol. The van der Waals surface area contributed by atoms with Gasteiger partial charge in [0.25, 0.3) is 5.91 Å². The number of fused-ring (bicyclic) bond motifs is 3. The molecular weight excluding hydrogens is 535 g/mol. The summed E-state index contributed by atoms with van der Waals surface area (Å²) >= 11 is 0. The highest BCUT2D eigenvalue weighted by Crippen LogP contribution is 2.50. The number of benzene rings is 2. The van der Waals surface area contributed by atoms with Gasteiger partial charge in [0.2, 0.25) is 0 Å². The molecule has 2 aromatic carbocycles. The lowest BCUT2D eigenvalue weighted by atomic mass is 9.62. The van der Waals surface area contributed by atoms with Crippen molar-refractivity contribution in [3.8, 4) is 0 Å². The minimum absolute atomic E-state index is 0.0242. The van der Waals surface area contributed by atoms with Gasteiger partial charge >= 0.3 is 6.18 Å². The van der Waals surface area contributed by atoms with E-state index >= 15 is 0 Å². The molecule has 1 amide bonds. The molecule has 0 radical (unpaired) electrons. The molecule has 2 saturated carbocycles. The number of nitrogens with zero attached hydrogens (tertiary/aromatic N) is 4. The zero-order chi connectivity index (χ0) is 28.5. The Morgan fingerprint density at radius 2 is 2.02 bits per heavy atom. The molecule has 216 valence electrons. The fourth-order valence-corrected chi connectivity index (χ4v) is 7.30. The van der Waals surface area contributed by atoms with Crippen molar-refractivity contribution in [2.75, 3.05) is 18.6 Å². The van der Waals surface area contributed by atoms with Crippen LogP contribution < -0.4 is 10.2 Å². The van der Waals surface area contributed by atoms with E-state index in [1.54, 1.807) is 25.6 Å². The Kier molecular flexibility index (Phi) is 6.26. The number of rotatable bonds is 7. The largest absolute Gasteiger partial charge is 0.416 e. The Morgan fingerprint density at radius 3 is 2.68 bits per heavy atom. The molecule has 3 atom stereocenters. The van der Waals surface area contributed by atoms with Gasteiger partial charge < -0.3 is 24.3 Å². The summed E-state index contributed by atoms with van der Waals surface area (Å²) in [6, 6.07) is 10.5. The van der Waals surface area contributed by atoms with Gasteiger partial charge in [0, 0.05) is 43.9 Å². The van der Waals surface area contributed by atoms with Crippen molar-refractivity contribution in [1.82, 2.24) is 20.1 Å². The molecule has 2 aliphatic heterocycles. The highest BCUT2D eigenvalue weighted by molar-refractivity contribution is 6.10. The van der Waals surface area contributed by atoms with Gasteiger partial charge in [0.1, 0.15) is 12.2 Å². The molecule has 2 aliphatic carbocycles. The maximum atomic E-state index is 14.3. The summed E-state index contributed by atoms with van der Waals surface area (Å²) in [6.45, 7) is 0.826. The summed E-state index contributed by atoms with van der Waals surface area (Å²) in [7, 11) is 3.56. The van der Waals surface area contributed by atoms with E-state index in [1.165, 1.54) is 11.0 Å². The monoisotopic (exact) mass is 567 g/mol. The maximum Gasteiger partial charge on any atom is 0.416 e. The molecule has 0 spiro atoms. The van der Waals surface area contributed by atoms with Gasteiger partial charge in [0.15, 0.2) is 0 Å². The van der Waals surface area contributed by atoms with E-state index in [0.717, 1.165) is 24.2 Å². The highest BCUT2D eigenvalue weighted by atomic mass is 19.4. The van der Waals surface area contributed by atoms with Crippen LogP contribution in [0.2, 0.25) is 0 Å². The summed E-state index contributed by atoms with van der Waals surface area (Å²) in [5.41, 5.74) is 0.885. The quantitative estimate of drug-likeness (QED) is 0.457. The Morgan fingerprint density at radius 1 is 1.20 bits per heavy atom. The third-order valence-electron chi connectivity index (χ3n) is 9.51. The summed E-state index contributed by atoms with van der Waals surface area (Å²) in [6.07, 6.45) is 0.613. The molecule has 7 rings (SSSR count). The molecule has 4 aliphatic rings. The predicted octanol–water partition coefficient (Wildman–Crippen LogP) is 4.36. The number of nitrogens with one attached hydrogen (secondary N) is 1. The van der Waals surface area contributed by atoms with E-state index in [0.29, 0.717) is 36.6 Å². The normalized spacial score (nSPS) is 28.8. The summed E-state index contributed by atoms with van der Waals surface area (Å²) in [5.74, 6) is 0.757. The first-order valence-electron chi connectivity index (χ1n) is 14.0. The minimum Gasteiger partial charge on any atom is -0.381 e. The van der Waals surface area contributed by atoms with Crippen LogP contribution in [-0.2, 0) is 41.2 Å². The number of methoxy groups -OCH3 is 1. The average Bonchev–Trinajstić information content (AvgIpc) is 3.72. The number of aryl methyl sites for hydroxylation is 1. The SMILES string of the molecule is CO[C@H]1C[C@](c2cccc(N3Cc4c(cc(CNC5CC6CC5CO6)cc4C(F)(F)F)C3=O)c2)(c2nncn2C)C1. The smallest absolute Gasteiger partial charge is 0.381 e. The first-order valence-corrected chi connectivity index (χ1v) is 14.0. The molecule has 1 N–H and O–H groups in total. The van der Waals surface area contributed by atoms with Crippen LogP contribution in [0.5, 0.6) is 0 Å². The molecule has 3 fully saturated rings. The number of carbonyl (C=O) groups is 1. The maximum absolute atomic E-state index is 14.3. The summed E-state index contributed by atoms with van der Waals surface area (Å²) < 4.78 is 56.0. The molecule has 2 bridgehead atoms. The number of aromatic nitrogens is 3. The third-order valence-corrected chi connectivity index (χ3v) is 9.51. The standard InChI is InChI=1S/C30H32F3N5O3/c1-37-16-35-36-28(37)29(11-22(12-29)40-2)19-4-3-5-20(9-19)38-14-24-23(27(38)39)6-17(7-25(24)30(31,32)33)13-34-26-10-21-8-18(26)15-41-21/h3-7,9,16,18,21-22,26,34H,8,10-15H2,1-2H3/t18?,21?,22-,26?,29-. The van der Waals surface area contributed by atoms with Crippen molar-refractivity contribution in [3.63, 3.8) is 0 Å². The van der Waals surface area contributed by atoms with Crippen LogP contribution in [0.15, 0.2) is 42.7 Å². The summed E-state index contributed by atoms with van der Waals surface area (Å²) in [5, 5.41) is 11.9. The van der Waals surface area contributed by atoms with Gasteiger partial charge in [-0.15, -0.1) is 10.2 Å². The number of ether oxygens (including phenoxy) is 2. The fraction of sp³-hybridized carbons (Fsp3) is 0.500. The average molecular weight is 568 g/mol. The molecule has 3 aromatic rings. The van der Waals surface area contributed by atoms with Crippen LogP contribution >= 0.6 is 0 Å². The lowest BCUT2D eigenvalue weighted by Gasteiger charge is -2.46. The van der Waals surface area contributed by atoms with E-state index in [-0.39, 0.29) is 42.5 Å². The molecule has 41 heavy (non-hydrogen) atoms. The van der Waals surface area contributed by atoms with Crippen LogP contribution in [0.3, 0.4) is 0 Å². The number of anilines is 1. The van der Waals surface area contributed by atoms with Gasteiger partial charge in [-0.3, -0.25) is 4.79 Å². The molecular formula is C30H32F3N5O3. The van der Waals surface area contributed by atoms with Crippen LogP contribution in [0.4, 0.5) is 18.9 Å². The number of halogens is 3. The molecule has 1 saturated heterocycles. The van der Waals surface area contributed by atoms with Crippen molar-refractivity contribution in [1.29, 1.82) is 0 Å². The molecule has 11 heteroatoms. The van der Waals surface area contributed by atoms with Crippen molar-refractivity contribution < 1.29 is 27.4 Å². The Balaban J connectivity index is 1.19. The van der Waals surface area contributed by atoms with Crippen LogP contribution in [0, 0.1) is 5.92 Å². The zero-order valence-corrected chi connectivity index (χ0v) is 22.9. The number of hydrogen-bond donors (Lipinski definition) is 1. The first kappa shape index (κ1) is 26.6. The second-order valence-electron chi connectivity index (χ2n) is 11.9. The van der Waals surface area contributed by atoms with Gasteiger partial charge in [-0.05, 0) is 66.6 Å². The van der Waals surface area contributed by atoms with Crippen LogP contribution in [0.25, 0.3) is 0 Å². The second kappa shape index (κ2) is 9.64. The topological polar surface area (TPSA) is 81.5 Å². The van der Waals surface area contributed by atoms with E-state index in [9.17, 15) is 18.0 Å². The first-order chi connectivity index (χ1) is 19.7. The van der Waals surface area contributed by atoms with Crippen LogP contribution in [0.1, 0.15) is 64.1 Å². The summed E-state index contributed by atoms with van der Waals surface area (Å²) in [4.78, 5) is 15.1. The van der Waals surface area contributed by atoms with Gasteiger partial charge in [0.05, 0.1) is 36.3 Å². The third kappa shape index (κ3) is 4.36. The Labute approximate surface area is 235 Å². The minimum atomic E-state index is -4.57. The number of hydrogen-bond acceptors (Lipinski definition) is 6. The number of amides is 1. The van der Waals surface area contributed by atoms with Crippen molar-refractivity contribution in [2.45, 2.75) is 68.6 Å². The number of alkyl halides is 3. The zero-order valence-electron chi connectivity index (χ0n) is 22.9. The van der Waals surface area contributed by atoms with Gasteiger partial charge in [-0.25, -0.2) is 0 Å². The van der Waals surface area contributed by atoms with Crippen molar-refractivity contribution >= 4 is 11.6 Å². The van der Waals surface area contributed by atoms with Gasteiger partial charge in [-0.2, -0.15) is 13.2 Å².